The molecule has 0 saturated carbocycles. The number of likely N-dealkylation sites (tertiary alicyclic amines) is 1. The molecule has 0 spiro atoms. The van der Waals surface area contributed by atoms with Gasteiger partial charge in [-0.1, -0.05) is 43.3 Å². The lowest BCUT2D eigenvalue weighted by Crippen LogP contribution is -2.26. The Kier molecular flexibility index (Phi) is 6.61. The zero-order valence-electron chi connectivity index (χ0n) is 19.2. The van der Waals surface area contributed by atoms with E-state index in [2.05, 4.69) is 59.3 Å². The number of aromatic amines is 1. The van der Waals surface area contributed by atoms with Crippen LogP contribution in [0.2, 0.25) is 0 Å². The molecule has 1 aromatic heterocycles. The number of nitrogens with one attached hydrogen (secondary N) is 1. The summed E-state index contributed by atoms with van der Waals surface area (Å²) in [6.45, 7) is 6.80. The van der Waals surface area contributed by atoms with Gasteiger partial charge in [0.2, 0.25) is 0 Å². The average Bonchev–Trinajstić information content (AvgIpc) is 3.22. The van der Waals surface area contributed by atoms with Crippen molar-refractivity contribution < 1.29 is 9.47 Å². The molecule has 1 fully saturated rings. The predicted molar refractivity (Wildman–Crippen MR) is 126 cm³/mol. The molecule has 4 rings (SSSR count). The van der Waals surface area contributed by atoms with Crippen molar-refractivity contribution in [2.75, 3.05) is 33.9 Å². The molecule has 2 heterocycles. The van der Waals surface area contributed by atoms with Crippen molar-refractivity contribution in [3.05, 3.63) is 87.6 Å². The Morgan fingerprint density at radius 1 is 1.03 bits per heavy atom. The van der Waals surface area contributed by atoms with E-state index in [0.717, 1.165) is 31.1 Å². The molecule has 1 saturated heterocycles. The van der Waals surface area contributed by atoms with Gasteiger partial charge < -0.3 is 19.4 Å². The number of ether oxygens (including phenoxy) is 2. The van der Waals surface area contributed by atoms with Gasteiger partial charge in [-0.05, 0) is 36.1 Å². The minimum atomic E-state index is -0.102. The lowest BCUT2D eigenvalue weighted by atomic mass is 9.86. The minimum Gasteiger partial charge on any atom is -0.493 e. The summed E-state index contributed by atoms with van der Waals surface area (Å²) in [7, 11) is 3.30. The highest BCUT2D eigenvalue weighted by Gasteiger charge is 2.37. The van der Waals surface area contributed by atoms with E-state index in [1.54, 1.807) is 20.3 Å². The van der Waals surface area contributed by atoms with Gasteiger partial charge in [-0.2, -0.15) is 0 Å². The van der Waals surface area contributed by atoms with Crippen LogP contribution >= 0.6 is 0 Å². The summed E-state index contributed by atoms with van der Waals surface area (Å²) in [5.74, 6) is 2.81. The van der Waals surface area contributed by atoms with Crippen LogP contribution in [-0.4, -0.2) is 48.7 Å². The number of aryl methyl sites for hydroxylation is 1. The molecule has 0 amide bonds. The first kappa shape index (κ1) is 22.1. The van der Waals surface area contributed by atoms with Gasteiger partial charge >= 0.3 is 0 Å². The van der Waals surface area contributed by atoms with Crippen LogP contribution < -0.4 is 15.0 Å². The van der Waals surface area contributed by atoms with Gasteiger partial charge in [0.25, 0.3) is 5.56 Å². The van der Waals surface area contributed by atoms with Crippen LogP contribution in [0.15, 0.2) is 59.4 Å². The van der Waals surface area contributed by atoms with E-state index in [1.807, 2.05) is 13.0 Å². The van der Waals surface area contributed by atoms with E-state index < -0.39 is 0 Å². The summed E-state index contributed by atoms with van der Waals surface area (Å²) < 4.78 is 11.0. The van der Waals surface area contributed by atoms with E-state index in [-0.39, 0.29) is 17.4 Å². The van der Waals surface area contributed by atoms with Crippen LogP contribution in [0.25, 0.3) is 0 Å². The first-order valence-corrected chi connectivity index (χ1v) is 11.1. The number of aromatic nitrogens is 2. The Bertz CT molecular complexity index is 1110. The number of benzene rings is 2. The van der Waals surface area contributed by atoms with E-state index in [4.69, 9.17) is 14.5 Å². The summed E-state index contributed by atoms with van der Waals surface area (Å²) in [5, 5.41) is 0. The summed E-state index contributed by atoms with van der Waals surface area (Å²) in [4.78, 5) is 22.2. The van der Waals surface area contributed by atoms with Crippen molar-refractivity contribution >= 4 is 0 Å². The largest absolute Gasteiger partial charge is 0.493 e. The normalized spacial score (nSPS) is 19.6. The molecule has 1 N–H and O–H groups in total. The fourth-order valence-corrected chi connectivity index (χ4v) is 4.82. The SMILES string of the molecule is COc1ccc([C@@H]2CN(CC(C)c3ccccc3)C[C@H]2c2cc(=O)[nH]c(C)n2)cc1OC. The molecule has 0 bridgehead atoms. The molecule has 3 aromatic rings. The van der Waals surface area contributed by atoms with Gasteiger partial charge in [-0.25, -0.2) is 4.98 Å². The second-order valence-corrected chi connectivity index (χ2v) is 8.61. The van der Waals surface area contributed by atoms with Crippen LogP contribution in [0.1, 0.15) is 47.3 Å². The smallest absolute Gasteiger partial charge is 0.251 e. The van der Waals surface area contributed by atoms with Gasteiger partial charge in [0.1, 0.15) is 5.82 Å². The predicted octanol–water partition coefficient (Wildman–Crippen LogP) is 4.08. The van der Waals surface area contributed by atoms with E-state index in [0.29, 0.717) is 17.5 Å². The van der Waals surface area contributed by atoms with Crippen LogP contribution in [-0.2, 0) is 0 Å². The zero-order chi connectivity index (χ0) is 22.7. The number of methoxy groups -OCH3 is 2. The van der Waals surface area contributed by atoms with Crippen molar-refractivity contribution in [3.8, 4) is 11.5 Å². The average molecular weight is 434 g/mol. The minimum absolute atomic E-state index is 0.102. The summed E-state index contributed by atoms with van der Waals surface area (Å²) in [5.41, 5.74) is 3.25. The maximum Gasteiger partial charge on any atom is 0.251 e. The van der Waals surface area contributed by atoms with Gasteiger partial charge in [0, 0.05) is 37.5 Å². The van der Waals surface area contributed by atoms with E-state index in [1.165, 1.54) is 11.1 Å². The third-order valence-electron chi connectivity index (χ3n) is 6.39. The first-order valence-electron chi connectivity index (χ1n) is 11.1. The number of H-pyrrole nitrogens is 1. The number of hydrogen-bond donors (Lipinski definition) is 1. The lowest BCUT2D eigenvalue weighted by molar-refractivity contribution is 0.313. The van der Waals surface area contributed by atoms with Crippen molar-refractivity contribution in [1.82, 2.24) is 14.9 Å². The molecule has 6 nitrogen and oxygen atoms in total. The third kappa shape index (κ3) is 4.70. The summed E-state index contributed by atoms with van der Waals surface area (Å²) in [6, 6.07) is 18.4. The molecular formula is C26H31N3O3. The molecule has 3 atom stereocenters. The van der Waals surface area contributed by atoms with Crippen molar-refractivity contribution in [2.24, 2.45) is 0 Å². The quantitative estimate of drug-likeness (QED) is 0.608. The van der Waals surface area contributed by atoms with Crippen LogP contribution in [0.5, 0.6) is 11.5 Å². The molecule has 0 radical (unpaired) electrons. The number of hydrogen-bond acceptors (Lipinski definition) is 5. The van der Waals surface area contributed by atoms with Crippen LogP contribution in [0, 0.1) is 6.92 Å². The molecule has 6 heteroatoms. The number of nitrogens with zero attached hydrogens (tertiary/aromatic N) is 2. The van der Waals surface area contributed by atoms with Crippen LogP contribution in [0.3, 0.4) is 0 Å². The van der Waals surface area contributed by atoms with Crippen molar-refractivity contribution in [1.29, 1.82) is 0 Å². The lowest BCUT2D eigenvalue weighted by Gasteiger charge is -2.21. The topological polar surface area (TPSA) is 67.5 Å². The Labute approximate surface area is 189 Å². The first-order chi connectivity index (χ1) is 15.5. The molecule has 2 aromatic carbocycles. The van der Waals surface area contributed by atoms with E-state index >= 15 is 0 Å². The summed E-state index contributed by atoms with van der Waals surface area (Å²) >= 11 is 0. The zero-order valence-corrected chi connectivity index (χ0v) is 19.2. The van der Waals surface area contributed by atoms with Gasteiger partial charge in [-0.15, -0.1) is 0 Å². The third-order valence-corrected chi connectivity index (χ3v) is 6.39. The standard InChI is InChI=1S/C26H31N3O3/c1-17(19-8-6-5-7-9-19)14-29-15-21(20-10-11-24(31-3)25(12-20)32-4)22(16-29)23-13-26(30)28-18(2)27-23/h5-13,17,21-22H,14-16H2,1-4H3,(H,27,28,30)/t17?,21-,22+/m0/s1. The van der Waals surface area contributed by atoms with Gasteiger partial charge in [0.15, 0.2) is 11.5 Å². The van der Waals surface area contributed by atoms with Gasteiger partial charge in [-0.3, -0.25) is 4.79 Å². The highest BCUT2D eigenvalue weighted by Crippen LogP contribution is 2.42. The Balaban J connectivity index is 1.66. The molecule has 32 heavy (non-hydrogen) atoms. The molecular weight excluding hydrogens is 402 g/mol. The fourth-order valence-electron chi connectivity index (χ4n) is 4.82. The second kappa shape index (κ2) is 9.57. The number of rotatable bonds is 7. The van der Waals surface area contributed by atoms with Crippen molar-refractivity contribution in [3.63, 3.8) is 0 Å². The monoisotopic (exact) mass is 433 g/mol. The molecule has 168 valence electrons. The molecule has 1 aliphatic heterocycles. The maximum absolute atomic E-state index is 12.2. The Morgan fingerprint density at radius 3 is 2.44 bits per heavy atom. The Hall–Kier alpha value is -3.12. The maximum atomic E-state index is 12.2. The summed E-state index contributed by atoms with van der Waals surface area (Å²) in [6.07, 6.45) is 0. The van der Waals surface area contributed by atoms with Crippen molar-refractivity contribution in [2.45, 2.75) is 31.6 Å². The molecule has 0 aliphatic carbocycles. The highest BCUT2D eigenvalue weighted by molar-refractivity contribution is 5.45. The second-order valence-electron chi connectivity index (χ2n) is 8.61. The molecule has 1 unspecified atom stereocenters. The Morgan fingerprint density at radius 2 is 1.75 bits per heavy atom. The van der Waals surface area contributed by atoms with Gasteiger partial charge in [0.05, 0.1) is 19.9 Å². The highest BCUT2D eigenvalue weighted by atomic mass is 16.5. The molecule has 1 aliphatic rings. The fraction of sp³-hybridized carbons (Fsp3) is 0.385. The van der Waals surface area contributed by atoms with Crippen LogP contribution in [0.4, 0.5) is 0 Å². The van der Waals surface area contributed by atoms with E-state index in [9.17, 15) is 4.79 Å².